The van der Waals surface area contributed by atoms with Gasteiger partial charge in [-0.15, -0.1) is 11.8 Å². The Kier molecular flexibility index (Phi) is 6.45. The first-order valence-corrected chi connectivity index (χ1v) is 7.17. The van der Waals surface area contributed by atoms with Crippen molar-refractivity contribution in [3.05, 3.63) is 28.8 Å². The Balaban J connectivity index is 2.49. The lowest BCUT2D eigenvalue weighted by molar-refractivity contribution is 0.0697. The molecule has 1 aromatic rings. The van der Waals surface area contributed by atoms with Gasteiger partial charge in [0.2, 0.25) is 0 Å². The summed E-state index contributed by atoms with van der Waals surface area (Å²) in [7, 11) is 0. The second-order valence-electron chi connectivity index (χ2n) is 3.86. The van der Waals surface area contributed by atoms with E-state index in [1.165, 1.54) is 25.7 Å². The predicted octanol–water partition coefficient (Wildman–Crippen LogP) is 4.71. The molecule has 0 aromatic heterocycles. The molecule has 0 fully saturated rings. The van der Waals surface area contributed by atoms with Crippen molar-refractivity contribution in [2.45, 2.75) is 37.5 Å². The molecule has 0 radical (unpaired) electrons. The van der Waals surface area contributed by atoms with Gasteiger partial charge in [-0.1, -0.05) is 37.8 Å². The van der Waals surface area contributed by atoms with Gasteiger partial charge < -0.3 is 5.11 Å². The normalized spacial score (nSPS) is 10.5. The molecule has 17 heavy (non-hydrogen) atoms. The maximum absolute atomic E-state index is 10.9. The molecule has 0 bridgehead atoms. The third kappa shape index (κ3) is 5.00. The van der Waals surface area contributed by atoms with Crippen LogP contribution in [0.2, 0.25) is 5.02 Å². The van der Waals surface area contributed by atoms with Crippen molar-refractivity contribution in [1.82, 2.24) is 0 Å². The third-order valence-electron chi connectivity index (χ3n) is 2.43. The van der Waals surface area contributed by atoms with Gasteiger partial charge in [-0.2, -0.15) is 0 Å². The number of carbonyl (C=O) groups is 1. The number of hydrogen-bond donors (Lipinski definition) is 1. The van der Waals surface area contributed by atoms with Crippen molar-refractivity contribution in [1.29, 1.82) is 0 Å². The van der Waals surface area contributed by atoms with E-state index in [1.54, 1.807) is 23.9 Å². The quantitative estimate of drug-likeness (QED) is 0.577. The lowest BCUT2D eigenvalue weighted by atomic mass is 10.2. The molecule has 1 aromatic carbocycles. The van der Waals surface area contributed by atoms with Crippen LogP contribution in [-0.4, -0.2) is 16.8 Å². The second-order valence-corrected chi connectivity index (χ2v) is 5.43. The van der Waals surface area contributed by atoms with Gasteiger partial charge in [0, 0.05) is 4.90 Å². The molecule has 0 atom stereocenters. The van der Waals surface area contributed by atoms with Crippen LogP contribution in [0.15, 0.2) is 23.1 Å². The number of benzene rings is 1. The lowest BCUT2D eigenvalue weighted by Gasteiger charge is -2.04. The van der Waals surface area contributed by atoms with Crippen LogP contribution in [0.25, 0.3) is 0 Å². The highest BCUT2D eigenvalue weighted by Crippen LogP contribution is 2.25. The lowest BCUT2D eigenvalue weighted by Crippen LogP contribution is -1.97. The number of halogens is 1. The van der Waals surface area contributed by atoms with Crippen molar-refractivity contribution in [3.63, 3.8) is 0 Å². The van der Waals surface area contributed by atoms with Crippen molar-refractivity contribution in [3.8, 4) is 0 Å². The zero-order valence-corrected chi connectivity index (χ0v) is 11.5. The van der Waals surface area contributed by atoms with Crippen LogP contribution in [0.1, 0.15) is 43.0 Å². The number of aromatic carboxylic acids is 1. The summed E-state index contributed by atoms with van der Waals surface area (Å²) in [6.45, 7) is 2.19. The van der Waals surface area contributed by atoms with Gasteiger partial charge in [-0.05, 0) is 30.4 Å². The first-order chi connectivity index (χ1) is 8.15. The van der Waals surface area contributed by atoms with E-state index in [1.807, 2.05) is 6.07 Å². The minimum atomic E-state index is -0.969. The summed E-state index contributed by atoms with van der Waals surface area (Å²) in [5.41, 5.74) is 0.185. The summed E-state index contributed by atoms with van der Waals surface area (Å²) in [5.74, 6) is 0.0594. The summed E-state index contributed by atoms with van der Waals surface area (Å²) in [4.78, 5) is 11.9. The predicted molar refractivity (Wildman–Crippen MR) is 73.3 cm³/mol. The van der Waals surface area contributed by atoms with Gasteiger partial charge in [-0.3, -0.25) is 0 Å². The van der Waals surface area contributed by atoms with Crippen LogP contribution in [0.5, 0.6) is 0 Å². The average Bonchev–Trinajstić information content (AvgIpc) is 2.30. The maximum Gasteiger partial charge on any atom is 0.337 e. The Morgan fingerprint density at radius 2 is 2.12 bits per heavy atom. The van der Waals surface area contributed by atoms with Crippen LogP contribution in [0.3, 0.4) is 0 Å². The molecular weight excluding hydrogens is 256 g/mol. The minimum Gasteiger partial charge on any atom is -0.478 e. The molecule has 0 heterocycles. The van der Waals surface area contributed by atoms with Crippen LogP contribution >= 0.6 is 23.4 Å². The Bertz CT molecular complexity index is 380. The van der Waals surface area contributed by atoms with Gasteiger partial charge in [0.1, 0.15) is 0 Å². The van der Waals surface area contributed by atoms with Crippen LogP contribution < -0.4 is 0 Å². The number of carboxylic acids is 1. The van der Waals surface area contributed by atoms with Gasteiger partial charge in [0.15, 0.2) is 0 Å². The Hall–Kier alpha value is -0.670. The molecule has 0 saturated heterocycles. The average molecular weight is 273 g/mol. The van der Waals surface area contributed by atoms with E-state index in [2.05, 4.69) is 6.92 Å². The molecule has 0 spiro atoms. The largest absolute Gasteiger partial charge is 0.478 e. The van der Waals surface area contributed by atoms with Crippen LogP contribution in [0.4, 0.5) is 0 Å². The molecule has 0 aliphatic heterocycles. The molecule has 0 aliphatic carbocycles. The standard InChI is InChI=1S/C13H17ClO2S/c1-2-3-4-5-8-17-10-6-7-12(14)11(9-10)13(15)16/h6-7,9H,2-5,8H2,1H3,(H,15,16). The molecule has 1 N–H and O–H groups in total. The summed E-state index contributed by atoms with van der Waals surface area (Å²) in [5, 5.41) is 9.24. The number of rotatable bonds is 7. The molecular formula is C13H17ClO2S. The Morgan fingerprint density at radius 3 is 2.76 bits per heavy atom. The first kappa shape index (κ1) is 14.4. The molecule has 0 amide bonds. The zero-order chi connectivity index (χ0) is 12.7. The van der Waals surface area contributed by atoms with Crippen molar-refractivity contribution in [2.24, 2.45) is 0 Å². The van der Waals surface area contributed by atoms with Crippen LogP contribution in [0, 0.1) is 0 Å². The highest BCUT2D eigenvalue weighted by atomic mass is 35.5. The minimum absolute atomic E-state index is 0.185. The fourth-order valence-corrected chi connectivity index (χ4v) is 2.62. The number of unbranched alkanes of at least 4 members (excludes halogenated alkanes) is 3. The fourth-order valence-electron chi connectivity index (χ4n) is 1.48. The van der Waals surface area contributed by atoms with E-state index in [4.69, 9.17) is 16.7 Å². The zero-order valence-electron chi connectivity index (χ0n) is 9.91. The summed E-state index contributed by atoms with van der Waals surface area (Å²) >= 11 is 7.49. The number of carboxylic acid groups (broad SMARTS) is 1. The van der Waals surface area contributed by atoms with E-state index in [0.29, 0.717) is 5.02 Å². The third-order valence-corrected chi connectivity index (χ3v) is 3.84. The molecule has 94 valence electrons. The van der Waals surface area contributed by atoms with E-state index >= 15 is 0 Å². The first-order valence-electron chi connectivity index (χ1n) is 5.80. The molecule has 1 rings (SSSR count). The second kappa shape index (κ2) is 7.62. The van der Waals surface area contributed by atoms with E-state index in [9.17, 15) is 4.79 Å². The molecule has 0 unspecified atom stereocenters. The van der Waals surface area contributed by atoms with Gasteiger partial charge in [0.05, 0.1) is 10.6 Å². The van der Waals surface area contributed by atoms with E-state index < -0.39 is 5.97 Å². The highest BCUT2D eigenvalue weighted by Gasteiger charge is 2.09. The highest BCUT2D eigenvalue weighted by molar-refractivity contribution is 7.99. The van der Waals surface area contributed by atoms with Crippen molar-refractivity contribution < 1.29 is 9.90 Å². The SMILES string of the molecule is CCCCCCSc1ccc(Cl)c(C(=O)O)c1. The molecule has 4 heteroatoms. The maximum atomic E-state index is 10.9. The van der Waals surface area contributed by atoms with Gasteiger partial charge >= 0.3 is 5.97 Å². The Morgan fingerprint density at radius 1 is 1.35 bits per heavy atom. The monoisotopic (exact) mass is 272 g/mol. The van der Waals surface area contributed by atoms with Gasteiger partial charge in [0.25, 0.3) is 0 Å². The fraction of sp³-hybridized carbons (Fsp3) is 0.462. The molecule has 2 nitrogen and oxygen atoms in total. The number of thioether (sulfide) groups is 1. The van der Waals surface area contributed by atoms with E-state index in [-0.39, 0.29) is 5.56 Å². The molecule has 0 aliphatic rings. The van der Waals surface area contributed by atoms with Gasteiger partial charge in [-0.25, -0.2) is 4.79 Å². The Labute approximate surface area is 111 Å². The van der Waals surface area contributed by atoms with Crippen LogP contribution in [-0.2, 0) is 0 Å². The summed E-state index contributed by atoms with van der Waals surface area (Å²) in [6, 6.07) is 5.17. The topological polar surface area (TPSA) is 37.3 Å². The van der Waals surface area contributed by atoms with E-state index in [0.717, 1.165) is 10.6 Å². The summed E-state index contributed by atoms with van der Waals surface area (Å²) < 4.78 is 0. The van der Waals surface area contributed by atoms with Crippen molar-refractivity contribution >= 4 is 29.3 Å². The smallest absolute Gasteiger partial charge is 0.337 e. The molecule has 0 saturated carbocycles. The number of hydrogen-bond acceptors (Lipinski definition) is 2. The summed E-state index contributed by atoms with van der Waals surface area (Å²) in [6.07, 6.45) is 4.91. The van der Waals surface area contributed by atoms with Crippen molar-refractivity contribution in [2.75, 3.05) is 5.75 Å².